The van der Waals surface area contributed by atoms with Gasteiger partial charge in [0.15, 0.2) is 0 Å². The molecule has 0 bridgehead atoms. The minimum absolute atomic E-state index is 0.0215. The predicted octanol–water partition coefficient (Wildman–Crippen LogP) is 3.28. The van der Waals surface area contributed by atoms with Crippen LogP contribution in [0, 0.1) is 10.1 Å². The highest BCUT2D eigenvalue weighted by molar-refractivity contribution is 7.10. The molecule has 2 aromatic heterocycles. The van der Waals surface area contributed by atoms with Gasteiger partial charge in [0.25, 0.3) is 5.69 Å². The van der Waals surface area contributed by atoms with Gasteiger partial charge in [-0.2, -0.15) is 0 Å². The molecule has 1 fully saturated rings. The van der Waals surface area contributed by atoms with Gasteiger partial charge in [-0.1, -0.05) is 17.7 Å². The zero-order valence-corrected chi connectivity index (χ0v) is 12.5. The van der Waals surface area contributed by atoms with E-state index in [9.17, 15) is 10.1 Å². The number of hydrogen-bond donors (Lipinski definition) is 0. The van der Waals surface area contributed by atoms with Crippen molar-refractivity contribution in [3.05, 3.63) is 49.8 Å². The van der Waals surface area contributed by atoms with E-state index in [1.807, 2.05) is 22.4 Å². The van der Waals surface area contributed by atoms with E-state index in [0.717, 1.165) is 4.88 Å². The third-order valence-electron chi connectivity index (χ3n) is 3.24. The van der Waals surface area contributed by atoms with Gasteiger partial charge in [-0.25, -0.2) is 4.98 Å². The van der Waals surface area contributed by atoms with Crippen LogP contribution in [0.2, 0.25) is 5.02 Å². The lowest BCUT2D eigenvalue weighted by Crippen LogP contribution is -2.38. The summed E-state index contributed by atoms with van der Waals surface area (Å²) in [5.41, 5.74) is -0.105. The summed E-state index contributed by atoms with van der Waals surface area (Å²) < 4.78 is 5.77. The molecular weight excluding hydrogens is 314 g/mol. The van der Waals surface area contributed by atoms with Crippen molar-refractivity contribution in [1.29, 1.82) is 0 Å². The average molecular weight is 326 g/mol. The fraction of sp³-hybridized carbons (Fsp3) is 0.308. The number of anilines is 1. The summed E-state index contributed by atoms with van der Waals surface area (Å²) in [7, 11) is 0. The molecule has 0 aliphatic carbocycles. The largest absolute Gasteiger partial charge is 0.369 e. The maximum Gasteiger partial charge on any atom is 0.289 e. The summed E-state index contributed by atoms with van der Waals surface area (Å²) in [6.45, 7) is 1.86. The molecule has 21 heavy (non-hydrogen) atoms. The van der Waals surface area contributed by atoms with E-state index >= 15 is 0 Å². The van der Waals surface area contributed by atoms with E-state index in [0.29, 0.717) is 25.5 Å². The monoisotopic (exact) mass is 325 g/mol. The van der Waals surface area contributed by atoms with Crippen LogP contribution < -0.4 is 4.90 Å². The highest BCUT2D eigenvalue weighted by Gasteiger charge is 2.25. The maximum atomic E-state index is 10.7. The van der Waals surface area contributed by atoms with Crippen molar-refractivity contribution in [2.75, 3.05) is 24.6 Å². The molecular formula is C13H12ClN3O3S. The third kappa shape index (κ3) is 2.99. The van der Waals surface area contributed by atoms with Gasteiger partial charge in [0, 0.05) is 17.5 Å². The van der Waals surface area contributed by atoms with Crippen molar-refractivity contribution in [2.45, 2.75) is 6.10 Å². The number of thiophene rings is 1. The van der Waals surface area contributed by atoms with Gasteiger partial charge in [-0.05, 0) is 11.4 Å². The van der Waals surface area contributed by atoms with E-state index in [1.165, 1.54) is 12.3 Å². The third-order valence-corrected chi connectivity index (χ3v) is 4.49. The Kier molecular flexibility index (Phi) is 4.05. The van der Waals surface area contributed by atoms with Crippen LogP contribution >= 0.6 is 22.9 Å². The molecule has 0 radical (unpaired) electrons. The molecule has 0 aromatic carbocycles. The van der Waals surface area contributed by atoms with Crippen molar-refractivity contribution in [1.82, 2.24) is 4.98 Å². The Balaban J connectivity index is 1.82. The zero-order chi connectivity index (χ0) is 14.8. The lowest BCUT2D eigenvalue weighted by Gasteiger charge is -2.33. The predicted molar refractivity (Wildman–Crippen MR) is 81.1 cm³/mol. The van der Waals surface area contributed by atoms with Crippen LogP contribution in [0.25, 0.3) is 0 Å². The van der Waals surface area contributed by atoms with Crippen molar-refractivity contribution in [2.24, 2.45) is 0 Å². The van der Waals surface area contributed by atoms with Crippen molar-refractivity contribution < 1.29 is 9.66 Å². The summed E-state index contributed by atoms with van der Waals surface area (Å²) in [6.07, 6.45) is 1.21. The molecule has 3 heterocycles. The van der Waals surface area contributed by atoms with E-state index in [4.69, 9.17) is 16.3 Å². The van der Waals surface area contributed by atoms with Gasteiger partial charge in [-0.3, -0.25) is 10.1 Å². The fourth-order valence-corrected chi connectivity index (χ4v) is 3.29. The molecule has 3 rings (SSSR count). The van der Waals surface area contributed by atoms with Crippen LogP contribution in [0.3, 0.4) is 0 Å². The highest BCUT2D eigenvalue weighted by Crippen LogP contribution is 2.32. The van der Waals surface area contributed by atoms with Crippen molar-refractivity contribution >= 4 is 34.4 Å². The molecule has 1 aliphatic rings. The number of morpholine rings is 1. The summed E-state index contributed by atoms with van der Waals surface area (Å²) in [5, 5.41) is 13.0. The molecule has 0 spiro atoms. The quantitative estimate of drug-likeness (QED) is 0.640. The van der Waals surface area contributed by atoms with Crippen molar-refractivity contribution in [3.63, 3.8) is 0 Å². The number of nitrogens with zero attached hydrogens (tertiary/aromatic N) is 3. The second kappa shape index (κ2) is 5.97. The van der Waals surface area contributed by atoms with Crippen LogP contribution in [-0.4, -0.2) is 29.6 Å². The molecule has 6 nitrogen and oxygen atoms in total. The first-order chi connectivity index (χ1) is 10.1. The maximum absolute atomic E-state index is 10.7. The van der Waals surface area contributed by atoms with E-state index in [2.05, 4.69) is 4.98 Å². The molecule has 1 aliphatic heterocycles. The number of rotatable bonds is 3. The summed E-state index contributed by atoms with van der Waals surface area (Å²) in [5.74, 6) is 0.562. The molecule has 0 amide bonds. The Bertz CT molecular complexity index is 650. The van der Waals surface area contributed by atoms with Crippen molar-refractivity contribution in [3.8, 4) is 0 Å². The molecule has 1 atom stereocenters. The van der Waals surface area contributed by atoms with Gasteiger partial charge in [0.05, 0.1) is 23.1 Å². The van der Waals surface area contributed by atoms with E-state index in [-0.39, 0.29) is 16.8 Å². The van der Waals surface area contributed by atoms with Crippen LogP contribution in [0.4, 0.5) is 11.5 Å². The smallest absolute Gasteiger partial charge is 0.289 e. The van der Waals surface area contributed by atoms with E-state index in [1.54, 1.807) is 11.3 Å². The van der Waals surface area contributed by atoms with Gasteiger partial charge in [0.2, 0.25) is 0 Å². The van der Waals surface area contributed by atoms with Gasteiger partial charge in [-0.15, -0.1) is 11.3 Å². The first kappa shape index (κ1) is 14.2. The minimum atomic E-state index is -0.504. The molecule has 0 saturated carbocycles. The molecule has 110 valence electrons. The molecule has 2 aromatic rings. The fourth-order valence-electron chi connectivity index (χ4n) is 2.24. The Morgan fingerprint density at radius 1 is 1.57 bits per heavy atom. The lowest BCUT2D eigenvalue weighted by molar-refractivity contribution is -0.385. The second-order valence-corrected chi connectivity index (χ2v) is 5.96. The van der Waals surface area contributed by atoms with Crippen LogP contribution in [0.5, 0.6) is 0 Å². The summed E-state index contributed by atoms with van der Waals surface area (Å²) >= 11 is 7.78. The normalized spacial score (nSPS) is 18.7. The van der Waals surface area contributed by atoms with E-state index < -0.39 is 4.92 Å². The summed E-state index contributed by atoms with van der Waals surface area (Å²) in [4.78, 5) is 17.5. The van der Waals surface area contributed by atoms with Crippen LogP contribution in [0.15, 0.2) is 29.8 Å². The zero-order valence-electron chi connectivity index (χ0n) is 10.9. The van der Waals surface area contributed by atoms with Gasteiger partial charge < -0.3 is 9.64 Å². The Labute approximate surface area is 130 Å². The Morgan fingerprint density at radius 2 is 2.43 bits per heavy atom. The molecule has 1 saturated heterocycles. The lowest BCUT2D eigenvalue weighted by atomic mass is 10.2. The first-order valence-electron chi connectivity index (χ1n) is 6.35. The number of nitro groups is 1. The standard InChI is InChI=1S/C13H12ClN3O3S/c14-10-6-9(17(18)19)7-15-13(10)16-3-4-20-11(8-16)12-2-1-5-21-12/h1-2,5-7,11H,3-4,8H2. The number of aromatic nitrogens is 1. The molecule has 0 N–H and O–H groups in total. The second-order valence-electron chi connectivity index (χ2n) is 4.58. The highest BCUT2D eigenvalue weighted by atomic mass is 35.5. The SMILES string of the molecule is O=[N+]([O-])c1cnc(N2CCOC(c3cccs3)C2)c(Cl)c1. The average Bonchev–Trinajstić information content (AvgIpc) is 3.01. The van der Waals surface area contributed by atoms with Gasteiger partial charge >= 0.3 is 0 Å². The van der Waals surface area contributed by atoms with Crippen LogP contribution in [-0.2, 0) is 4.74 Å². The first-order valence-corrected chi connectivity index (χ1v) is 7.61. The molecule has 8 heteroatoms. The van der Waals surface area contributed by atoms with Gasteiger partial charge in [0.1, 0.15) is 18.1 Å². The van der Waals surface area contributed by atoms with Crippen LogP contribution in [0.1, 0.15) is 11.0 Å². The molecule has 1 unspecified atom stereocenters. The Morgan fingerprint density at radius 3 is 3.10 bits per heavy atom. The topological polar surface area (TPSA) is 68.5 Å². The summed E-state index contributed by atoms with van der Waals surface area (Å²) in [6, 6.07) is 5.35. The minimum Gasteiger partial charge on any atom is -0.369 e. The number of pyridine rings is 1. The number of hydrogen-bond acceptors (Lipinski definition) is 6. The number of halogens is 1. The Hall–Kier alpha value is -1.70. The number of ether oxygens (including phenoxy) is 1.